The monoisotopic (exact) mass is 348 g/mol. The summed E-state index contributed by atoms with van der Waals surface area (Å²) in [5.74, 6) is 1.05. The van der Waals surface area contributed by atoms with Gasteiger partial charge in [0.05, 0.1) is 5.92 Å². The van der Waals surface area contributed by atoms with Gasteiger partial charge in [0.25, 0.3) is 0 Å². The van der Waals surface area contributed by atoms with Crippen LogP contribution in [0.5, 0.6) is 0 Å². The summed E-state index contributed by atoms with van der Waals surface area (Å²) >= 11 is 3.44. The molecule has 0 bridgehead atoms. The molecule has 110 valence electrons. The number of carbonyl (C=O) groups is 1. The van der Waals surface area contributed by atoms with Crippen molar-refractivity contribution in [1.29, 1.82) is 0 Å². The lowest BCUT2D eigenvalue weighted by Gasteiger charge is -2.06. The number of ketones is 1. The Balaban J connectivity index is 1.90. The maximum atomic E-state index is 12.1. The Morgan fingerprint density at radius 3 is 2.95 bits per heavy atom. The molecule has 1 fully saturated rings. The second-order valence-corrected chi connectivity index (χ2v) is 6.45. The van der Waals surface area contributed by atoms with Gasteiger partial charge in [-0.05, 0) is 43.5 Å². The average molecular weight is 349 g/mol. The molecule has 0 amide bonds. The molecule has 1 aromatic carbocycles. The highest BCUT2D eigenvalue weighted by Gasteiger charge is 2.28. The molecule has 1 heterocycles. The van der Waals surface area contributed by atoms with Crippen LogP contribution in [0.3, 0.4) is 0 Å². The van der Waals surface area contributed by atoms with Gasteiger partial charge in [-0.2, -0.15) is 4.98 Å². The van der Waals surface area contributed by atoms with Crippen molar-refractivity contribution in [2.75, 3.05) is 0 Å². The van der Waals surface area contributed by atoms with Gasteiger partial charge in [0.15, 0.2) is 0 Å². The topological polar surface area (TPSA) is 56.0 Å². The molecule has 1 aromatic heterocycles. The van der Waals surface area contributed by atoms with Gasteiger partial charge >= 0.3 is 0 Å². The van der Waals surface area contributed by atoms with Gasteiger partial charge in [-0.3, -0.25) is 4.79 Å². The number of hydrogen-bond donors (Lipinski definition) is 0. The van der Waals surface area contributed by atoms with Crippen LogP contribution in [0.4, 0.5) is 0 Å². The first-order chi connectivity index (χ1) is 10.1. The van der Waals surface area contributed by atoms with Crippen LogP contribution in [-0.2, 0) is 4.79 Å². The molecule has 4 nitrogen and oxygen atoms in total. The van der Waals surface area contributed by atoms with E-state index < -0.39 is 0 Å². The summed E-state index contributed by atoms with van der Waals surface area (Å²) < 4.78 is 6.40. The Morgan fingerprint density at radius 1 is 1.29 bits per heavy atom. The number of nitrogens with zero attached hydrogens (tertiary/aromatic N) is 2. The first-order valence-electron chi connectivity index (χ1n) is 7.28. The van der Waals surface area contributed by atoms with E-state index >= 15 is 0 Å². The van der Waals surface area contributed by atoms with Crippen LogP contribution < -0.4 is 0 Å². The van der Waals surface area contributed by atoms with E-state index in [0.29, 0.717) is 18.1 Å². The molecule has 1 atom stereocenters. The van der Waals surface area contributed by atoms with Gasteiger partial charge in [-0.25, -0.2) is 0 Å². The highest BCUT2D eigenvalue weighted by molar-refractivity contribution is 9.10. The SMILES string of the molecule is Cc1cc(Br)ccc1-c1noc(C2CCCCCC2=O)n1. The standard InChI is InChI=1S/C16H17BrN2O2/c1-10-9-11(17)7-8-12(10)15-18-16(21-19-15)13-5-3-2-4-6-14(13)20/h7-9,13H,2-6H2,1H3. The minimum Gasteiger partial charge on any atom is -0.338 e. The predicted octanol–water partition coefficient (Wildman–Crippen LogP) is 4.42. The zero-order valence-corrected chi connectivity index (χ0v) is 13.5. The molecule has 3 rings (SSSR count). The van der Waals surface area contributed by atoms with Crippen LogP contribution in [-0.4, -0.2) is 15.9 Å². The summed E-state index contributed by atoms with van der Waals surface area (Å²) in [6, 6.07) is 5.93. The molecule has 1 unspecified atom stereocenters. The van der Waals surface area contributed by atoms with Crippen LogP contribution in [0.1, 0.15) is 49.5 Å². The highest BCUT2D eigenvalue weighted by Crippen LogP contribution is 2.30. The Morgan fingerprint density at radius 2 is 2.14 bits per heavy atom. The number of rotatable bonds is 2. The van der Waals surface area contributed by atoms with Crippen molar-refractivity contribution in [3.8, 4) is 11.4 Å². The van der Waals surface area contributed by atoms with Crippen LogP contribution in [0.15, 0.2) is 27.2 Å². The third kappa shape index (κ3) is 3.07. The van der Waals surface area contributed by atoms with Gasteiger partial charge in [0, 0.05) is 16.5 Å². The van der Waals surface area contributed by atoms with Crippen LogP contribution in [0, 0.1) is 6.92 Å². The smallest absolute Gasteiger partial charge is 0.237 e. The molecule has 5 heteroatoms. The molecule has 0 radical (unpaired) electrons. The molecule has 1 aliphatic carbocycles. The molecule has 2 aromatic rings. The number of carbonyl (C=O) groups excluding carboxylic acids is 1. The first-order valence-corrected chi connectivity index (χ1v) is 8.07. The molecule has 1 saturated carbocycles. The highest BCUT2D eigenvalue weighted by atomic mass is 79.9. The molecule has 0 spiro atoms. The van der Waals surface area contributed by atoms with Crippen molar-refractivity contribution in [1.82, 2.24) is 10.1 Å². The number of Topliss-reactive ketones (excluding diaryl/α,β-unsaturated/α-hetero) is 1. The van der Waals surface area contributed by atoms with Gasteiger partial charge < -0.3 is 4.52 Å². The second-order valence-electron chi connectivity index (χ2n) is 5.53. The fourth-order valence-corrected chi connectivity index (χ4v) is 3.26. The van der Waals surface area contributed by atoms with Crippen molar-refractivity contribution in [3.05, 3.63) is 34.1 Å². The van der Waals surface area contributed by atoms with E-state index in [-0.39, 0.29) is 11.7 Å². The van der Waals surface area contributed by atoms with Crippen molar-refractivity contribution in [3.63, 3.8) is 0 Å². The van der Waals surface area contributed by atoms with Crippen molar-refractivity contribution >= 4 is 21.7 Å². The Bertz CT molecular complexity index is 666. The maximum Gasteiger partial charge on any atom is 0.237 e. The number of aryl methyl sites for hydroxylation is 1. The molecular formula is C16H17BrN2O2. The Labute approximate surface area is 132 Å². The van der Waals surface area contributed by atoms with Crippen molar-refractivity contribution in [2.45, 2.75) is 44.9 Å². The lowest BCUT2D eigenvalue weighted by Crippen LogP contribution is -2.10. The predicted molar refractivity (Wildman–Crippen MR) is 83.0 cm³/mol. The number of halogens is 1. The molecular weight excluding hydrogens is 332 g/mol. The first kappa shape index (κ1) is 14.4. The fraction of sp³-hybridized carbons (Fsp3) is 0.438. The lowest BCUT2D eigenvalue weighted by atomic mass is 9.99. The normalized spacial score (nSPS) is 19.5. The average Bonchev–Trinajstić information content (AvgIpc) is 2.82. The molecule has 0 N–H and O–H groups in total. The summed E-state index contributed by atoms with van der Waals surface area (Å²) in [6.45, 7) is 2.01. The zero-order chi connectivity index (χ0) is 14.8. The molecule has 0 aliphatic heterocycles. The lowest BCUT2D eigenvalue weighted by molar-refractivity contribution is -0.120. The third-order valence-electron chi connectivity index (χ3n) is 3.97. The Hall–Kier alpha value is -1.49. The third-order valence-corrected chi connectivity index (χ3v) is 4.47. The summed E-state index contributed by atoms with van der Waals surface area (Å²) in [7, 11) is 0. The van der Waals surface area contributed by atoms with Crippen LogP contribution in [0.2, 0.25) is 0 Å². The van der Waals surface area contributed by atoms with E-state index in [1.165, 1.54) is 0 Å². The van der Waals surface area contributed by atoms with Crippen LogP contribution >= 0.6 is 15.9 Å². The maximum absolute atomic E-state index is 12.1. The number of hydrogen-bond acceptors (Lipinski definition) is 4. The minimum atomic E-state index is -0.218. The van der Waals surface area contributed by atoms with E-state index in [1.807, 2.05) is 25.1 Å². The summed E-state index contributed by atoms with van der Waals surface area (Å²) in [4.78, 5) is 16.6. The van der Waals surface area contributed by atoms with E-state index in [2.05, 4.69) is 26.1 Å². The van der Waals surface area contributed by atoms with Gasteiger partial charge in [-0.15, -0.1) is 0 Å². The van der Waals surface area contributed by atoms with E-state index in [1.54, 1.807) is 0 Å². The van der Waals surface area contributed by atoms with Gasteiger partial charge in [0.1, 0.15) is 5.78 Å². The van der Waals surface area contributed by atoms with Gasteiger partial charge in [0.2, 0.25) is 11.7 Å². The van der Waals surface area contributed by atoms with E-state index in [4.69, 9.17) is 4.52 Å². The molecule has 0 saturated heterocycles. The fourth-order valence-electron chi connectivity index (χ4n) is 2.78. The van der Waals surface area contributed by atoms with Gasteiger partial charge in [-0.1, -0.05) is 33.9 Å². The zero-order valence-electron chi connectivity index (χ0n) is 11.9. The van der Waals surface area contributed by atoms with Crippen molar-refractivity contribution < 1.29 is 9.32 Å². The summed E-state index contributed by atoms with van der Waals surface area (Å²) in [6.07, 6.45) is 4.57. The summed E-state index contributed by atoms with van der Waals surface area (Å²) in [5.41, 5.74) is 2.01. The van der Waals surface area contributed by atoms with E-state index in [0.717, 1.165) is 41.3 Å². The number of aromatic nitrogens is 2. The Kier molecular flexibility index (Phi) is 4.19. The largest absolute Gasteiger partial charge is 0.338 e. The second kappa shape index (κ2) is 6.10. The quantitative estimate of drug-likeness (QED) is 0.753. The molecule has 1 aliphatic rings. The van der Waals surface area contributed by atoms with Crippen LogP contribution in [0.25, 0.3) is 11.4 Å². The van der Waals surface area contributed by atoms with E-state index in [9.17, 15) is 4.79 Å². The summed E-state index contributed by atoms with van der Waals surface area (Å²) in [5, 5.41) is 4.06. The van der Waals surface area contributed by atoms with Crippen molar-refractivity contribution in [2.24, 2.45) is 0 Å². The minimum absolute atomic E-state index is 0.218. The molecule has 21 heavy (non-hydrogen) atoms. The number of benzene rings is 1.